The molecule has 3 nitrogen and oxygen atoms in total. The average Bonchev–Trinajstić information content (AvgIpc) is 2.26. The summed E-state index contributed by atoms with van der Waals surface area (Å²) in [6, 6.07) is 5.79. The van der Waals surface area contributed by atoms with Crippen LogP contribution in [0.2, 0.25) is 0 Å². The van der Waals surface area contributed by atoms with Gasteiger partial charge in [-0.15, -0.1) is 11.8 Å². The zero-order valence-electron chi connectivity index (χ0n) is 9.82. The summed E-state index contributed by atoms with van der Waals surface area (Å²) < 4.78 is 4.68. The highest BCUT2D eigenvalue weighted by atomic mass is 32.2. The predicted molar refractivity (Wildman–Crippen MR) is 67.5 cm³/mol. The van der Waals surface area contributed by atoms with Crippen LogP contribution in [0.4, 0.5) is 5.69 Å². The van der Waals surface area contributed by atoms with Crippen LogP contribution < -0.4 is 5.73 Å². The fourth-order valence-corrected chi connectivity index (χ4v) is 2.34. The maximum Gasteiger partial charge on any atom is 0.309 e. The number of hydrogen-bond acceptors (Lipinski definition) is 4. The first-order valence-corrected chi connectivity index (χ1v) is 6.10. The van der Waals surface area contributed by atoms with Gasteiger partial charge in [-0.1, -0.05) is 6.92 Å². The monoisotopic (exact) mass is 239 g/mol. The van der Waals surface area contributed by atoms with E-state index in [1.54, 1.807) is 11.8 Å². The molecule has 4 heteroatoms. The van der Waals surface area contributed by atoms with Crippen molar-refractivity contribution in [1.82, 2.24) is 0 Å². The van der Waals surface area contributed by atoms with E-state index >= 15 is 0 Å². The van der Waals surface area contributed by atoms with Crippen molar-refractivity contribution in [2.75, 3.05) is 18.6 Å². The Hall–Kier alpha value is -1.16. The number of carbonyl (C=O) groups is 1. The first-order valence-electron chi connectivity index (χ1n) is 5.11. The molecule has 0 aliphatic carbocycles. The smallest absolute Gasteiger partial charge is 0.309 e. The molecule has 0 spiro atoms. The second kappa shape index (κ2) is 5.80. The predicted octanol–water partition coefficient (Wildman–Crippen LogP) is 2.48. The molecule has 88 valence electrons. The Morgan fingerprint density at radius 1 is 1.56 bits per heavy atom. The number of ether oxygens (including phenoxy) is 1. The van der Waals surface area contributed by atoms with Gasteiger partial charge in [-0.25, -0.2) is 0 Å². The second-order valence-corrected chi connectivity index (χ2v) is 4.82. The molecule has 2 N–H and O–H groups in total. The first kappa shape index (κ1) is 12.9. The number of carbonyl (C=O) groups excluding carboxylic acids is 1. The standard InChI is InChI=1S/C12H17NO2S/c1-8-6-10(13)4-5-11(8)16-7-9(2)12(14)15-3/h4-6,9H,7,13H2,1-3H3. The summed E-state index contributed by atoms with van der Waals surface area (Å²) in [5.74, 6) is 0.463. The third-order valence-corrected chi connectivity index (χ3v) is 3.73. The molecule has 0 heterocycles. The van der Waals surface area contributed by atoms with Crippen molar-refractivity contribution in [2.24, 2.45) is 5.92 Å². The average molecular weight is 239 g/mol. The number of benzene rings is 1. The Bertz CT molecular complexity index is 379. The molecule has 0 aromatic heterocycles. The maximum absolute atomic E-state index is 11.2. The van der Waals surface area contributed by atoms with Crippen LogP contribution in [0.15, 0.2) is 23.1 Å². The molecule has 0 aliphatic rings. The number of nitrogen functional groups attached to an aromatic ring is 1. The summed E-state index contributed by atoms with van der Waals surface area (Å²) in [6.07, 6.45) is 0. The lowest BCUT2D eigenvalue weighted by molar-refractivity contribution is -0.143. The quantitative estimate of drug-likeness (QED) is 0.498. The van der Waals surface area contributed by atoms with Gasteiger partial charge in [-0.05, 0) is 30.7 Å². The van der Waals surface area contributed by atoms with Gasteiger partial charge in [-0.2, -0.15) is 0 Å². The van der Waals surface area contributed by atoms with Crippen molar-refractivity contribution < 1.29 is 9.53 Å². The Kier molecular flexibility index (Phi) is 4.68. The topological polar surface area (TPSA) is 52.3 Å². The van der Waals surface area contributed by atoms with Crippen LogP contribution in [0.5, 0.6) is 0 Å². The highest BCUT2D eigenvalue weighted by Crippen LogP contribution is 2.26. The number of esters is 1. The van der Waals surface area contributed by atoms with Gasteiger partial charge in [0, 0.05) is 16.3 Å². The van der Waals surface area contributed by atoms with Crippen molar-refractivity contribution in [1.29, 1.82) is 0 Å². The van der Waals surface area contributed by atoms with Crippen LogP contribution in [0, 0.1) is 12.8 Å². The second-order valence-electron chi connectivity index (χ2n) is 3.76. The molecule has 0 aliphatic heterocycles. The van der Waals surface area contributed by atoms with E-state index in [-0.39, 0.29) is 11.9 Å². The largest absolute Gasteiger partial charge is 0.469 e. The molecule has 1 aromatic rings. The lowest BCUT2D eigenvalue weighted by Crippen LogP contribution is -2.14. The zero-order chi connectivity index (χ0) is 12.1. The van der Waals surface area contributed by atoms with E-state index in [0.29, 0.717) is 0 Å². The molecule has 1 aromatic carbocycles. The maximum atomic E-state index is 11.2. The van der Waals surface area contributed by atoms with Crippen molar-refractivity contribution in [3.63, 3.8) is 0 Å². The molecule has 1 unspecified atom stereocenters. The van der Waals surface area contributed by atoms with E-state index in [0.717, 1.165) is 21.9 Å². The van der Waals surface area contributed by atoms with Gasteiger partial charge in [0.05, 0.1) is 13.0 Å². The molecule has 1 rings (SSSR count). The van der Waals surface area contributed by atoms with Gasteiger partial charge in [0.15, 0.2) is 0 Å². The van der Waals surface area contributed by atoms with Gasteiger partial charge in [0.2, 0.25) is 0 Å². The van der Waals surface area contributed by atoms with E-state index in [1.165, 1.54) is 7.11 Å². The summed E-state index contributed by atoms with van der Waals surface area (Å²) in [6.45, 7) is 3.88. The Labute approximate surface area is 100 Å². The normalized spacial score (nSPS) is 12.2. The Balaban J connectivity index is 2.58. The number of anilines is 1. The number of methoxy groups -OCH3 is 1. The lowest BCUT2D eigenvalue weighted by Gasteiger charge is -2.10. The summed E-state index contributed by atoms with van der Waals surface area (Å²) in [5, 5.41) is 0. The van der Waals surface area contributed by atoms with Crippen molar-refractivity contribution in [3.8, 4) is 0 Å². The van der Waals surface area contributed by atoms with Crippen LogP contribution in [0.1, 0.15) is 12.5 Å². The first-order chi connectivity index (χ1) is 7.54. The summed E-state index contributed by atoms with van der Waals surface area (Å²) in [4.78, 5) is 12.4. The van der Waals surface area contributed by atoms with E-state index in [9.17, 15) is 4.79 Å². The molecule has 0 fully saturated rings. The molecular weight excluding hydrogens is 222 g/mol. The molecule has 16 heavy (non-hydrogen) atoms. The third-order valence-electron chi connectivity index (χ3n) is 2.29. The van der Waals surface area contributed by atoms with Crippen LogP contribution in [-0.4, -0.2) is 18.8 Å². The molecule has 0 amide bonds. The highest BCUT2D eigenvalue weighted by molar-refractivity contribution is 7.99. The number of thioether (sulfide) groups is 1. The molecule has 0 saturated carbocycles. The van der Waals surface area contributed by atoms with Gasteiger partial charge >= 0.3 is 5.97 Å². The minimum Gasteiger partial charge on any atom is -0.469 e. The van der Waals surface area contributed by atoms with Gasteiger partial charge in [-0.3, -0.25) is 4.79 Å². The molecule has 1 atom stereocenters. The van der Waals surface area contributed by atoms with Crippen LogP contribution in [0.25, 0.3) is 0 Å². The van der Waals surface area contributed by atoms with Gasteiger partial charge in [0.25, 0.3) is 0 Å². The van der Waals surface area contributed by atoms with Crippen LogP contribution in [-0.2, 0) is 9.53 Å². The zero-order valence-corrected chi connectivity index (χ0v) is 10.6. The van der Waals surface area contributed by atoms with Crippen molar-refractivity contribution >= 4 is 23.4 Å². The fourth-order valence-electron chi connectivity index (χ4n) is 1.32. The van der Waals surface area contributed by atoms with E-state index < -0.39 is 0 Å². The number of rotatable bonds is 4. The van der Waals surface area contributed by atoms with Gasteiger partial charge < -0.3 is 10.5 Å². The number of aryl methyl sites for hydroxylation is 1. The Morgan fingerprint density at radius 3 is 2.81 bits per heavy atom. The SMILES string of the molecule is COC(=O)C(C)CSc1ccc(N)cc1C. The van der Waals surface area contributed by atoms with E-state index in [1.807, 2.05) is 32.0 Å². The molecular formula is C12H17NO2S. The van der Waals surface area contributed by atoms with E-state index in [2.05, 4.69) is 4.74 Å². The Morgan fingerprint density at radius 2 is 2.25 bits per heavy atom. The van der Waals surface area contributed by atoms with Crippen LogP contribution in [0.3, 0.4) is 0 Å². The van der Waals surface area contributed by atoms with E-state index in [4.69, 9.17) is 5.73 Å². The number of nitrogens with two attached hydrogens (primary N) is 1. The van der Waals surface area contributed by atoms with Crippen molar-refractivity contribution in [3.05, 3.63) is 23.8 Å². The summed E-state index contributed by atoms with van der Waals surface area (Å²) >= 11 is 1.65. The minimum absolute atomic E-state index is 0.0908. The van der Waals surface area contributed by atoms with Crippen LogP contribution >= 0.6 is 11.8 Å². The molecule has 0 saturated heterocycles. The lowest BCUT2D eigenvalue weighted by atomic mass is 10.2. The number of hydrogen-bond donors (Lipinski definition) is 1. The molecule has 0 radical (unpaired) electrons. The molecule has 0 bridgehead atoms. The van der Waals surface area contributed by atoms with Gasteiger partial charge in [0.1, 0.15) is 0 Å². The van der Waals surface area contributed by atoms with Crippen molar-refractivity contribution in [2.45, 2.75) is 18.7 Å². The third kappa shape index (κ3) is 3.45. The minimum atomic E-state index is -0.166. The summed E-state index contributed by atoms with van der Waals surface area (Å²) in [7, 11) is 1.41. The summed E-state index contributed by atoms with van der Waals surface area (Å²) in [5.41, 5.74) is 7.58. The fraction of sp³-hybridized carbons (Fsp3) is 0.417. The highest BCUT2D eigenvalue weighted by Gasteiger charge is 2.13.